The fraction of sp³-hybridized carbons (Fsp3) is 0.556. The van der Waals surface area contributed by atoms with E-state index in [0.717, 1.165) is 5.56 Å². The van der Waals surface area contributed by atoms with E-state index in [1.807, 2.05) is 20.8 Å². The topological polar surface area (TPSA) is 83.8 Å². The Morgan fingerprint density at radius 1 is 1.71 bits per heavy atom. The van der Waals surface area contributed by atoms with E-state index >= 15 is 0 Å². The predicted octanol–water partition coefficient (Wildman–Crippen LogP) is 0.185. The smallest absolute Gasteiger partial charge is 0.269 e. The summed E-state index contributed by atoms with van der Waals surface area (Å²) in [5.41, 5.74) is 6.66. The SMILES string of the molecule is Cc1cn[nH]c1C(=O)NCC(C)(C)N. The van der Waals surface area contributed by atoms with E-state index in [4.69, 9.17) is 5.73 Å². The van der Waals surface area contributed by atoms with Crippen LogP contribution < -0.4 is 11.1 Å². The molecule has 0 spiro atoms. The molecule has 0 aliphatic heterocycles. The monoisotopic (exact) mass is 196 g/mol. The molecule has 14 heavy (non-hydrogen) atoms. The van der Waals surface area contributed by atoms with Crippen LogP contribution in [0, 0.1) is 6.92 Å². The Morgan fingerprint density at radius 3 is 2.79 bits per heavy atom. The van der Waals surface area contributed by atoms with E-state index in [2.05, 4.69) is 15.5 Å². The van der Waals surface area contributed by atoms with Crippen molar-refractivity contribution >= 4 is 5.91 Å². The van der Waals surface area contributed by atoms with Gasteiger partial charge in [0.1, 0.15) is 5.69 Å². The fourth-order valence-corrected chi connectivity index (χ4v) is 0.973. The van der Waals surface area contributed by atoms with Gasteiger partial charge in [0.05, 0.1) is 6.20 Å². The Morgan fingerprint density at radius 2 is 2.36 bits per heavy atom. The van der Waals surface area contributed by atoms with Crippen molar-refractivity contribution < 1.29 is 4.79 Å². The molecule has 0 aromatic carbocycles. The van der Waals surface area contributed by atoms with Crippen LogP contribution in [-0.4, -0.2) is 28.2 Å². The van der Waals surface area contributed by atoms with Crippen LogP contribution in [-0.2, 0) is 0 Å². The first kappa shape index (κ1) is 10.7. The van der Waals surface area contributed by atoms with Gasteiger partial charge in [0.2, 0.25) is 0 Å². The first-order chi connectivity index (χ1) is 6.40. The van der Waals surface area contributed by atoms with Crippen molar-refractivity contribution in [3.8, 4) is 0 Å². The second-order valence-corrected chi connectivity index (χ2v) is 4.10. The summed E-state index contributed by atoms with van der Waals surface area (Å²) in [5, 5.41) is 9.14. The van der Waals surface area contributed by atoms with Gasteiger partial charge in [-0.3, -0.25) is 9.89 Å². The molecule has 1 heterocycles. The summed E-state index contributed by atoms with van der Waals surface area (Å²) < 4.78 is 0. The quantitative estimate of drug-likeness (QED) is 0.645. The summed E-state index contributed by atoms with van der Waals surface area (Å²) in [6.07, 6.45) is 1.61. The third kappa shape index (κ3) is 2.85. The van der Waals surface area contributed by atoms with Crippen LogP contribution in [0.2, 0.25) is 0 Å². The first-order valence-corrected chi connectivity index (χ1v) is 4.47. The van der Waals surface area contributed by atoms with Gasteiger partial charge in [-0.1, -0.05) is 0 Å². The predicted molar refractivity (Wildman–Crippen MR) is 53.9 cm³/mol. The maximum absolute atomic E-state index is 11.5. The Balaban J connectivity index is 2.56. The molecular formula is C9H16N4O. The van der Waals surface area contributed by atoms with Crippen LogP contribution in [0.15, 0.2) is 6.20 Å². The third-order valence-corrected chi connectivity index (χ3v) is 1.76. The van der Waals surface area contributed by atoms with Crippen LogP contribution >= 0.6 is 0 Å². The molecule has 1 rings (SSSR count). The summed E-state index contributed by atoms with van der Waals surface area (Å²) in [6.45, 7) is 5.97. The van der Waals surface area contributed by atoms with E-state index in [9.17, 15) is 4.79 Å². The lowest BCUT2D eigenvalue weighted by Gasteiger charge is -2.18. The number of nitrogens with two attached hydrogens (primary N) is 1. The van der Waals surface area contributed by atoms with Crippen LogP contribution in [0.25, 0.3) is 0 Å². The minimum atomic E-state index is -0.399. The number of amides is 1. The maximum Gasteiger partial charge on any atom is 0.269 e. The summed E-state index contributed by atoms with van der Waals surface area (Å²) in [6, 6.07) is 0. The Hall–Kier alpha value is -1.36. The molecule has 0 saturated heterocycles. The van der Waals surface area contributed by atoms with E-state index in [1.54, 1.807) is 6.20 Å². The lowest BCUT2D eigenvalue weighted by molar-refractivity contribution is 0.0940. The number of H-pyrrole nitrogens is 1. The molecule has 5 nitrogen and oxygen atoms in total. The zero-order chi connectivity index (χ0) is 10.8. The minimum Gasteiger partial charge on any atom is -0.349 e. The summed E-state index contributed by atoms with van der Waals surface area (Å²) >= 11 is 0. The molecule has 1 aromatic heterocycles. The number of nitrogens with one attached hydrogen (secondary N) is 2. The van der Waals surface area contributed by atoms with Gasteiger partial charge in [-0.25, -0.2) is 0 Å². The summed E-state index contributed by atoms with van der Waals surface area (Å²) in [5.74, 6) is -0.168. The second kappa shape index (κ2) is 3.79. The molecule has 1 aromatic rings. The molecule has 0 bridgehead atoms. The molecule has 0 saturated carbocycles. The fourth-order valence-electron chi connectivity index (χ4n) is 0.973. The Kier molecular flexibility index (Phi) is 2.90. The summed E-state index contributed by atoms with van der Waals surface area (Å²) in [7, 11) is 0. The number of rotatable bonds is 3. The maximum atomic E-state index is 11.5. The average Bonchev–Trinajstić information content (AvgIpc) is 2.46. The van der Waals surface area contributed by atoms with Crippen LogP contribution in [0.4, 0.5) is 0 Å². The highest BCUT2D eigenvalue weighted by Crippen LogP contribution is 2.02. The number of aromatic nitrogens is 2. The van der Waals surface area contributed by atoms with Gasteiger partial charge in [-0.2, -0.15) is 5.10 Å². The Bertz CT molecular complexity index is 324. The highest BCUT2D eigenvalue weighted by Gasteiger charge is 2.15. The lowest BCUT2D eigenvalue weighted by atomic mass is 10.1. The number of hydrogen-bond donors (Lipinski definition) is 3. The number of aromatic amines is 1. The van der Waals surface area contributed by atoms with Gasteiger partial charge >= 0.3 is 0 Å². The van der Waals surface area contributed by atoms with Crippen molar-refractivity contribution in [1.29, 1.82) is 0 Å². The van der Waals surface area contributed by atoms with Crippen LogP contribution in [0.1, 0.15) is 29.9 Å². The van der Waals surface area contributed by atoms with Crippen molar-refractivity contribution in [2.75, 3.05) is 6.54 Å². The van der Waals surface area contributed by atoms with Gasteiger partial charge < -0.3 is 11.1 Å². The van der Waals surface area contributed by atoms with Crippen LogP contribution in [0.5, 0.6) is 0 Å². The molecule has 5 heteroatoms. The van der Waals surface area contributed by atoms with Crippen molar-refractivity contribution in [2.45, 2.75) is 26.3 Å². The zero-order valence-electron chi connectivity index (χ0n) is 8.72. The average molecular weight is 196 g/mol. The largest absolute Gasteiger partial charge is 0.349 e. The van der Waals surface area contributed by atoms with E-state index in [0.29, 0.717) is 12.2 Å². The second-order valence-electron chi connectivity index (χ2n) is 4.10. The Labute approximate surface area is 83.1 Å². The molecule has 4 N–H and O–H groups in total. The number of carbonyl (C=O) groups is 1. The number of aryl methyl sites for hydroxylation is 1. The minimum absolute atomic E-state index is 0.168. The van der Waals surface area contributed by atoms with E-state index in [-0.39, 0.29) is 5.91 Å². The van der Waals surface area contributed by atoms with Crippen molar-refractivity contribution in [1.82, 2.24) is 15.5 Å². The summed E-state index contributed by atoms with van der Waals surface area (Å²) in [4.78, 5) is 11.5. The van der Waals surface area contributed by atoms with Gasteiger partial charge in [0, 0.05) is 12.1 Å². The molecular weight excluding hydrogens is 180 g/mol. The van der Waals surface area contributed by atoms with Crippen molar-refractivity contribution in [2.24, 2.45) is 5.73 Å². The molecule has 0 radical (unpaired) electrons. The van der Waals surface area contributed by atoms with E-state index < -0.39 is 5.54 Å². The molecule has 78 valence electrons. The molecule has 0 atom stereocenters. The van der Waals surface area contributed by atoms with Gasteiger partial charge in [-0.15, -0.1) is 0 Å². The standard InChI is InChI=1S/C9H16N4O/c1-6-4-12-13-7(6)8(14)11-5-9(2,3)10/h4H,5,10H2,1-3H3,(H,11,14)(H,12,13). The highest BCUT2D eigenvalue weighted by atomic mass is 16.1. The van der Waals surface area contributed by atoms with Crippen molar-refractivity contribution in [3.05, 3.63) is 17.5 Å². The molecule has 0 fully saturated rings. The third-order valence-electron chi connectivity index (χ3n) is 1.76. The highest BCUT2D eigenvalue weighted by molar-refractivity contribution is 5.93. The van der Waals surface area contributed by atoms with Gasteiger partial charge in [0.15, 0.2) is 0 Å². The van der Waals surface area contributed by atoms with Crippen LogP contribution in [0.3, 0.4) is 0 Å². The number of carbonyl (C=O) groups excluding carboxylic acids is 1. The molecule has 0 aliphatic rings. The van der Waals surface area contributed by atoms with Crippen molar-refractivity contribution in [3.63, 3.8) is 0 Å². The molecule has 0 aliphatic carbocycles. The zero-order valence-corrected chi connectivity index (χ0v) is 8.72. The molecule has 1 amide bonds. The first-order valence-electron chi connectivity index (χ1n) is 4.47. The number of hydrogen-bond acceptors (Lipinski definition) is 3. The van der Waals surface area contributed by atoms with Gasteiger partial charge in [-0.05, 0) is 26.3 Å². The van der Waals surface area contributed by atoms with Gasteiger partial charge in [0.25, 0.3) is 5.91 Å². The molecule has 0 unspecified atom stereocenters. The lowest BCUT2D eigenvalue weighted by Crippen LogP contribution is -2.45. The number of nitrogens with zero attached hydrogens (tertiary/aromatic N) is 1. The van der Waals surface area contributed by atoms with E-state index in [1.165, 1.54) is 0 Å². The normalized spacial score (nSPS) is 11.4.